The highest BCUT2D eigenvalue weighted by molar-refractivity contribution is 6.00. The Bertz CT molecular complexity index is 1000. The average Bonchev–Trinajstić information content (AvgIpc) is 3.46. The van der Waals surface area contributed by atoms with Crippen molar-refractivity contribution in [1.29, 1.82) is 0 Å². The van der Waals surface area contributed by atoms with Crippen molar-refractivity contribution in [2.75, 3.05) is 36.5 Å². The van der Waals surface area contributed by atoms with Crippen LogP contribution in [-0.4, -0.2) is 50.1 Å². The van der Waals surface area contributed by atoms with Gasteiger partial charge in [-0.1, -0.05) is 12.1 Å². The summed E-state index contributed by atoms with van der Waals surface area (Å²) < 4.78 is 11.1. The second kappa shape index (κ2) is 10.5. The first-order chi connectivity index (χ1) is 16.0. The molecule has 0 aromatic heterocycles. The third kappa shape index (κ3) is 6.10. The molecule has 2 fully saturated rings. The fourth-order valence-electron chi connectivity index (χ4n) is 4.09. The Morgan fingerprint density at radius 2 is 2.00 bits per heavy atom. The average molecular weight is 452 g/mol. The standard InChI is InChI=1S/C25H29N3O5/c1-17-4-2-5-19(12-17)27-23(29)16-33-21-9-7-20(8-10-21)28-15-18(13-24(28)30)25(31)26-14-22-6-3-11-32-22/h2,4-5,7-10,12,18,22H,3,6,11,13-16H2,1H3,(H,26,31)(H,27,29)/t18-,22+/m1/s1. The maximum Gasteiger partial charge on any atom is 0.262 e. The van der Waals surface area contributed by atoms with Crippen molar-refractivity contribution in [2.24, 2.45) is 5.92 Å². The lowest BCUT2D eigenvalue weighted by atomic mass is 10.1. The van der Waals surface area contributed by atoms with Crippen LogP contribution in [0.5, 0.6) is 5.75 Å². The van der Waals surface area contributed by atoms with E-state index >= 15 is 0 Å². The Hall–Kier alpha value is -3.39. The lowest BCUT2D eigenvalue weighted by Crippen LogP contribution is -2.37. The molecule has 0 saturated carbocycles. The Morgan fingerprint density at radius 1 is 1.18 bits per heavy atom. The molecule has 3 amide bonds. The van der Waals surface area contributed by atoms with E-state index in [4.69, 9.17) is 9.47 Å². The number of anilines is 2. The summed E-state index contributed by atoms with van der Waals surface area (Å²) in [4.78, 5) is 38.7. The molecule has 2 aromatic carbocycles. The molecular weight excluding hydrogens is 422 g/mol. The van der Waals surface area contributed by atoms with E-state index < -0.39 is 0 Å². The Morgan fingerprint density at radius 3 is 2.73 bits per heavy atom. The first-order valence-electron chi connectivity index (χ1n) is 11.3. The van der Waals surface area contributed by atoms with Crippen LogP contribution in [0.3, 0.4) is 0 Å². The van der Waals surface area contributed by atoms with Crippen molar-refractivity contribution >= 4 is 29.1 Å². The monoisotopic (exact) mass is 451 g/mol. The van der Waals surface area contributed by atoms with Crippen LogP contribution in [0, 0.1) is 12.8 Å². The summed E-state index contributed by atoms with van der Waals surface area (Å²) >= 11 is 0. The molecule has 2 aliphatic heterocycles. The number of rotatable bonds is 8. The molecule has 2 aromatic rings. The molecule has 4 rings (SSSR count). The number of carbonyl (C=O) groups is 3. The van der Waals surface area contributed by atoms with Gasteiger partial charge in [-0.3, -0.25) is 14.4 Å². The number of benzene rings is 2. The largest absolute Gasteiger partial charge is 0.484 e. The van der Waals surface area contributed by atoms with E-state index in [1.54, 1.807) is 29.2 Å². The van der Waals surface area contributed by atoms with Crippen molar-refractivity contribution < 1.29 is 23.9 Å². The van der Waals surface area contributed by atoms with E-state index in [0.717, 1.165) is 30.7 Å². The number of nitrogens with zero attached hydrogens (tertiary/aromatic N) is 1. The van der Waals surface area contributed by atoms with Crippen molar-refractivity contribution in [2.45, 2.75) is 32.3 Å². The van der Waals surface area contributed by atoms with Crippen molar-refractivity contribution in [3.05, 3.63) is 54.1 Å². The summed E-state index contributed by atoms with van der Waals surface area (Å²) in [6.07, 6.45) is 2.24. The highest BCUT2D eigenvalue weighted by Gasteiger charge is 2.35. The number of carbonyl (C=O) groups excluding carboxylic acids is 3. The van der Waals surface area contributed by atoms with E-state index in [2.05, 4.69) is 10.6 Å². The van der Waals surface area contributed by atoms with Gasteiger partial charge in [-0.2, -0.15) is 0 Å². The molecule has 2 aliphatic rings. The van der Waals surface area contributed by atoms with E-state index in [1.165, 1.54) is 0 Å². The predicted octanol–water partition coefficient (Wildman–Crippen LogP) is 2.66. The second-order valence-electron chi connectivity index (χ2n) is 8.49. The first kappa shape index (κ1) is 22.8. The van der Waals surface area contributed by atoms with E-state index in [9.17, 15) is 14.4 Å². The van der Waals surface area contributed by atoms with Gasteiger partial charge in [-0.25, -0.2) is 0 Å². The van der Waals surface area contributed by atoms with Gasteiger partial charge in [0.2, 0.25) is 11.8 Å². The molecule has 33 heavy (non-hydrogen) atoms. The fourth-order valence-corrected chi connectivity index (χ4v) is 4.09. The SMILES string of the molecule is Cc1cccc(NC(=O)COc2ccc(N3C[C@H](C(=O)NC[C@@H]4CCCO4)CC3=O)cc2)c1. The van der Waals surface area contributed by atoms with Crippen LogP contribution in [0.2, 0.25) is 0 Å². The van der Waals surface area contributed by atoms with Gasteiger partial charge >= 0.3 is 0 Å². The quantitative estimate of drug-likeness (QED) is 0.643. The molecule has 0 bridgehead atoms. The van der Waals surface area contributed by atoms with Crippen LogP contribution in [0.4, 0.5) is 11.4 Å². The van der Waals surface area contributed by atoms with Crippen molar-refractivity contribution in [3.8, 4) is 5.75 Å². The van der Waals surface area contributed by atoms with E-state index in [-0.39, 0.29) is 42.8 Å². The molecule has 174 valence electrons. The summed E-state index contributed by atoms with van der Waals surface area (Å²) in [5, 5.41) is 5.71. The molecule has 2 saturated heterocycles. The number of hydrogen-bond donors (Lipinski definition) is 2. The van der Waals surface area contributed by atoms with Gasteiger partial charge in [0, 0.05) is 37.5 Å². The van der Waals surface area contributed by atoms with Gasteiger partial charge in [0.25, 0.3) is 5.91 Å². The molecule has 8 heteroatoms. The van der Waals surface area contributed by atoms with Gasteiger partial charge in [0.05, 0.1) is 12.0 Å². The maximum atomic E-state index is 12.5. The third-order valence-electron chi connectivity index (χ3n) is 5.84. The summed E-state index contributed by atoms with van der Waals surface area (Å²) in [5.41, 5.74) is 2.48. The number of amides is 3. The minimum absolute atomic E-state index is 0.0774. The smallest absolute Gasteiger partial charge is 0.262 e. The number of ether oxygens (including phenoxy) is 2. The van der Waals surface area contributed by atoms with Crippen LogP contribution < -0.4 is 20.3 Å². The van der Waals surface area contributed by atoms with Crippen LogP contribution >= 0.6 is 0 Å². The topological polar surface area (TPSA) is 97.0 Å². The fraction of sp³-hybridized carbons (Fsp3) is 0.400. The maximum absolute atomic E-state index is 12.5. The minimum atomic E-state index is -0.375. The van der Waals surface area contributed by atoms with Crippen LogP contribution in [0.15, 0.2) is 48.5 Å². The molecule has 0 aliphatic carbocycles. The van der Waals surface area contributed by atoms with Gasteiger partial charge in [0.1, 0.15) is 5.75 Å². The van der Waals surface area contributed by atoms with E-state index in [0.29, 0.717) is 24.5 Å². The lowest BCUT2D eigenvalue weighted by molar-refractivity contribution is -0.126. The Kier molecular flexibility index (Phi) is 7.24. The second-order valence-corrected chi connectivity index (χ2v) is 8.49. The molecule has 2 atom stereocenters. The zero-order valence-electron chi connectivity index (χ0n) is 18.7. The highest BCUT2D eigenvalue weighted by Crippen LogP contribution is 2.27. The zero-order valence-corrected chi connectivity index (χ0v) is 18.7. The van der Waals surface area contributed by atoms with Gasteiger partial charge < -0.3 is 25.0 Å². The summed E-state index contributed by atoms with van der Waals surface area (Å²) in [5.74, 6) is -0.300. The van der Waals surface area contributed by atoms with Crippen LogP contribution in [0.1, 0.15) is 24.8 Å². The number of nitrogens with one attached hydrogen (secondary N) is 2. The molecule has 8 nitrogen and oxygen atoms in total. The molecular formula is C25H29N3O5. The zero-order chi connectivity index (χ0) is 23.2. The summed E-state index contributed by atoms with van der Waals surface area (Å²) in [6, 6.07) is 14.5. The Balaban J connectivity index is 1.25. The van der Waals surface area contributed by atoms with Gasteiger partial charge in [-0.05, 0) is 61.7 Å². The van der Waals surface area contributed by atoms with E-state index in [1.807, 2.05) is 31.2 Å². The normalized spacial score (nSPS) is 20.0. The Labute approximate surface area is 193 Å². The van der Waals surface area contributed by atoms with Crippen LogP contribution in [0.25, 0.3) is 0 Å². The van der Waals surface area contributed by atoms with Crippen molar-refractivity contribution in [3.63, 3.8) is 0 Å². The number of aryl methyl sites for hydroxylation is 1. The van der Waals surface area contributed by atoms with Gasteiger partial charge in [-0.15, -0.1) is 0 Å². The van der Waals surface area contributed by atoms with Crippen LogP contribution in [-0.2, 0) is 19.1 Å². The summed E-state index contributed by atoms with van der Waals surface area (Å²) in [7, 11) is 0. The number of hydrogen-bond acceptors (Lipinski definition) is 5. The molecule has 2 N–H and O–H groups in total. The highest BCUT2D eigenvalue weighted by atomic mass is 16.5. The summed E-state index contributed by atoms with van der Waals surface area (Å²) in [6.45, 7) is 3.41. The molecule has 0 spiro atoms. The molecule has 0 radical (unpaired) electrons. The predicted molar refractivity (Wildman–Crippen MR) is 124 cm³/mol. The van der Waals surface area contributed by atoms with Crippen molar-refractivity contribution in [1.82, 2.24) is 5.32 Å². The first-order valence-corrected chi connectivity index (χ1v) is 11.3. The third-order valence-corrected chi connectivity index (χ3v) is 5.84. The molecule has 2 heterocycles. The minimum Gasteiger partial charge on any atom is -0.484 e. The lowest BCUT2D eigenvalue weighted by Gasteiger charge is -2.18. The van der Waals surface area contributed by atoms with Gasteiger partial charge in [0.15, 0.2) is 6.61 Å². The molecule has 0 unspecified atom stereocenters.